The zero-order valence-electron chi connectivity index (χ0n) is 11.7. The average Bonchev–Trinajstić information content (AvgIpc) is 2.66. The van der Waals surface area contributed by atoms with Crippen LogP contribution in [0.25, 0.3) is 0 Å². The molecule has 0 radical (unpaired) electrons. The predicted molar refractivity (Wildman–Crippen MR) is 69.0 cm³/mol. The van der Waals surface area contributed by atoms with Crippen LogP contribution in [0.2, 0.25) is 0 Å². The lowest BCUT2D eigenvalue weighted by molar-refractivity contribution is 0.00850. The smallest absolute Gasteiger partial charge is 0.0252 e. The predicted octanol–water partition coefficient (Wildman–Crippen LogP) is 5.28. The molecule has 0 aromatic rings. The molecule has 0 heterocycles. The lowest BCUT2D eigenvalue weighted by atomic mass is 9.57. The van der Waals surface area contributed by atoms with E-state index in [-0.39, 0.29) is 0 Å². The van der Waals surface area contributed by atoms with Gasteiger partial charge in [0.1, 0.15) is 0 Å². The van der Waals surface area contributed by atoms with Crippen LogP contribution in [0.1, 0.15) is 73.6 Å². The van der Waals surface area contributed by atoms with Crippen molar-refractivity contribution in [2.45, 2.75) is 73.6 Å². The maximum Gasteiger partial charge on any atom is -0.0252 e. The fraction of sp³-hybridized carbons (Fsp3) is 1.00. The minimum atomic E-state index is 0.434. The van der Waals surface area contributed by atoms with Crippen LogP contribution in [0, 0.1) is 22.7 Å². The summed E-state index contributed by atoms with van der Waals surface area (Å²) < 4.78 is 0. The molecule has 0 saturated heterocycles. The summed E-state index contributed by atoms with van der Waals surface area (Å²) in [6.07, 6.45) is 7.21. The molecule has 2 atom stereocenters. The molecule has 2 unspecified atom stereocenters. The van der Waals surface area contributed by atoms with Crippen molar-refractivity contribution in [1.82, 2.24) is 0 Å². The second-order valence-electron chi connectivity index (χ2n) is 6.85. The van der Waals surface area contributed by atoms with Crippen molar-refractivity contribution in [2.24, 2.45) is 22.7 Å². The van der Waals surface area contributed by atoms with E-state index in [1.165, 1.54) is 32.1 Å². The van der Waals surface area contributed by atoms with Gasteiger partial charge in [-0.1, -0.05) is 67.2 Å². The first-order chi connectivity index (χ1) is 6.83. The van der Waals surface area contributed by atoms with E-state index < -0.39 is 0 Å². The van der Waals surface area contributed by atoms with Crippen molar-refractivity contribution < 1.29 is 0 Å². The van der Waals surface area contributed by atoms with Crippen LogP contribution >= 0.6 is 0 Å². The molecule has 0 aromatic carbocycles. The third-order valence-electron chi connectivity index (χ3n) is 5.56. The van der Waals surface area contributed by atoms with Gasteiger partial charge in [-0.25, -0.2) is 0 Å². The Balaban J connectivity index is 2.80. The Morgan fingerprint density at radius 3 is 1.87 bits per heavy atom. The largest absolute Gasteiger partial charge is 0.0648 e. The van der Waals surface area contributed by atoms with Gasteiger partial charge in [0.25, 0.3) is 0 Å². The third kappa shape index (κ3) is 2.40. The molecular weight excluding hydrogens is 180 g/mol. The zero-order valence-corrected chi connectivity index (χ0v) is 11.7. The molecule has 0 bridgehead atoms. The van der Waals surface area contributed by atoms with Crippen LogP contribution in [-0.4, -0.2) is 0 Å². The van der Waals surface area contributed by atoms with E-state index in [1.54, 1.807) is 0 Å². The van der Waals surface area contributed by atoms with Gasteiger partial charge >= 0.3 is 0 Å². The van der Waals surface area contributed by atoms with Crippen LogP contribution in [0.3, 0.4) is 0 Å². The monoisotopic (exact) mass is 210 g/mol. The number of hydrogen-bond donors (Lipinski definition) is 0. The molecule has 0 amide bonds. The fourth-order valence-electron chi connectivity index (χ4n) is 3.51. The van der Waals surface area contributed by atoms with E-state index >= 15 is 0 Å². The second-order valence-corrected chi connectivity index (χ2v) is 6.85. The summed E-state index contributed by atoms with van der Waals surface area (Å²) in [5.41, 5.74) is 0.936. The van der Waals surface area contributed by atoms with Gasteiger partial charge in [-0.15, -0.1) is 0 Å². The Morgan fingerprint density at radius 2 is 1.53 bits per heavy atom. The number of rotatable bonds is 3. The van der Waals surface area contributed by atoms with Gasteiger partial charge in [0.05, 0.1) is 0 Å². The molecule has 90 valence electrons. The second kappa shape index (κ2) is 4.47. The summed E-state index contributed by atoms with van der Waals surface area (Å²) in [6, 6.07) is 0. The minimum absolute atomic E-state index is 0.434. The van der Waals surface area contributed by atoms with Gasteiger partial charge in [-0.2, -0.15) is 0 Å². The van der Waals surface area contributed by atoms with Gasteiger partial charge < -0.3 is 0 Å². The van der Waals surface area contributed by atoms with Crippen molar-refractivity contribution in [3.63, 3.8) is 0 Å². The van der Waals surface area contributed by atoms with E-state index in [0.29, 0.717) is 10.8 Å². The highest BCUT2D eigenvalue weighted by Gasteiger charge is 2.43. The highest BCUT2D eigenvalue weighted by Crippen LogP contribution is 2.52. The Labute approximate surface area is 96.8 Å². The van der Waals surface area contributed by atoms with Crippen molar-refractivity contribution in [3.8, 4) is 0 Å². The van der Waals surface area contributed by atoms with Crippen LogP contribution < -0.4 is 0 Å². The van der Waals surface area contributed by atoms with Crippen LogP contribution in [-0.2, 0) is 0 Å². The highest BCUT2D eigenvalue weighted by molar-refractivity contribution is 4.93. The topological polar surface area (TPSA) is 0 Å². The van der Waals surface area contributed by atoms with E-state index in [0.717, 1.165) is 11.8 Å². The SMILES string of the molecule is CCC(C)(C(C)C1CCCC1)C(C)(C)C. The molecule has 15 heavy (non-hydrogen) atoms. The van der Waals surface area contributed by atoms with Gasteiger partial charge in [0.2, 0.25) is 0 Å². The first-order valence-corrected chi connectivity index (χ1v) is 6.83. The Bertz CT molecular complexity index is 193. The molecule has 1 aliphatic carbocycles. The molecule has 1 saturated carbocycles. The molecule has 0 N–H and O–H groups in total. The Morgan fingerprint density at radius 1 is 1.07 bits per heavy atom. The van der Waals surface area contributed by atoms with Crippen LogP contribution in [0.15, 0.2) is 0 Å². The molecule has 0 aliphatic heterocycles. The molecule has 0 spiro atoms. The van der Waals surface area contributed by atoms with Crippen molar-refractivity contribution >= 4 is 0 Å². The lowest BCUT2D eigenvalue weighted by Crippen LogP contribution is -2.40. The standard InChI is InChI=1S/C15H30/c1-7-15(6,14(3,4)5)12(2)13-10-8-9-11-13/h12-13H,7-11H2,1-6H3. The average molecular weight is 210 g/mol. The Hall–Kier alpha value is 0. The summed E-state index contributed by atoms with van der Waals surface area (Å²) in [5, 5.41) is 0. The molecule has 1 fully saturated rings. The fourth-order valence-corrected chi connectivity index (χ4v) is 3.51. The molecule has 0 aromatic heterocycles. The summed E-state index contributed by atoms with van der Waals surface area (Å²) in [5.74, 6) is 1.87. The Kier molecular flexibility index (Phi) is 3.90. The maximum atomic E-state index is 2.51. The minimum Gasteiger partial charge on any atom is -0.0648 e. The van der Waals surface area contributed by atoms with E-state index in [2.05, 4.69) is 41.5 Å². The van der Waals surface area contributed by atoms with Gasteiger partial charge in [-0.05, 0) is 29.1 Å². The first kappa shape index (κ1) is 13.1. The van der Waals surface area contributed by atoms with Gasteiger partial charge in [-0.3, -0.25) is 0 Å². The molecular formula is C15H30. The summed E-state index contributed by atoms with van der Waals surface area (Å²) in [6.45, 7) is 14.6. The maximum absolute atomic E-state index is 2.51. The third-order valence-corrected chi connectivity index (χ3v) is 5.56. The summed E-state index contributed by atoms with van der Waals surface area (Å²) >= 11 is 0. The van der Waals surface area contributed by atoms with E-state index in [1.807, 2.05) is 0 Å². The van der Waals surface area contributed by atoms with E-state index in [4.69, 9.17) is 0 Å². The van der Waals surface area contributed by atoms with Crippen molar-refractivity contribution in [1.29, 1.82) is 0 Å². The number of hydrogen-bond acceptors (Lipinski definition) is 0. The summed E-state index contributed by atoms with van der Waals surface area (Å²) in [4.78, 5) is 0. The quantitative estimate of drug-likeness (QED) is 0.595. The summed E-state index contributed by atoms with van der Waals surface area (Å²) in [7, 11) is 0. The highest BCUT2D eigenvalue weighted by atomic mass is 14.5. The van der Waals surface area contributed by atoms with Crippen molar-refractivity contribution in [2.75, 3.05) is 0 Å². The zero-order chi connectivity index (χ0) is 11.7. The molecule has 1 aliphatic rings. The molecule has 0 heteroatoms. The van der Waals surface area contributed by atoms with Gasteiger partial charge in [0.15, 0.2) is 0 Å². The van der Waals surface area contributed by atoms with Gasteiger partial charge in [0, 0.05) is 0 Å². The molecule has 1 rings (SSSR count). The van der Waals surface area contributed by atoms with Crippen molar-refractivity contribution in [3.05, 3.63) is 0 Å². The lowest BCUT2D eigenvalue weighted by Gasteiger charge is -2.48. The first-order valence-electron chi connectivity index (χ1n) is 6.83. The van der Waals surface area contributed by atoms with E-state index in [9.17, 15) is 0 Å². The van der Waals surface area contributed by atoms with Crippen LogP contribution in [0.5, 0.6) is 0 Å². The van der Waals surface area contributed by atoms with Crippen LogP contribution in [0.4, 0.5) is 0 Å². The molecule has 0 nitrogen and oxygen atoms in total. The normalized spacial score (nSPS) is 25.2.